The first-order valence-corrected chi connectivity index (χ1v) is 10.2. The van der Waals surface area contributed by atoms with Crippen molar-refractivity contribution in [2.24, 2.45) is 5.73 Å². The third-order valence-corrected chi connectivity index (χ3v) is 5.54. The van der Waals surface area contributed by atoms with E-state index in [1.54, 1.807) is 6.07 Å². The molecule has 33 heavy (non-hydrogen) atoms. The van der Waals surface area contributed by atoms with Crippen molar-refractivity contribution in [2.45, 2.75) is 38.0 Å². The normalized spacial score (nSPS) is 14.3. The number of carbonyl (C=O) groups excluding carboxylic acids is 2. The van der Waals surface area contributed by atoms with Crippen LogP contribution in [-0.4, -0.2) is 41.1 Å². The van der Waals surface area contributed by atoms with Gasteiger partial charge in [-0.15, -0.1) is 0 Å². The summed E-state index contributed by atoms with van der Waals surface area (Å²) in [6.07, 6.45) is 1.24. The summed E-state index contributed by atoms with van der Waals surface area (Å²) in [7, 11) is 1.38. The second kappa shape index (κ2) is 9.60. The fourth-order valence-corrected chi connectivity index (χ4v) is 4.05. The lowest BCUT2D eigenvalue weighted by atomic mass is 9.86. The molecule has 0 unspecified atom stereocenters. The predicted molar refractivity (Wildman–Crippen MR) is 117 cm³/mol. The molecule has 0 spiro atoms. The molecule has 6 N–H and O–H groups in total. The first-order valence-electron chi connectivity index (χ1n) is 10.2. The van der Waals surface area contributed by atoms with E-state index < -0.39 is 36.2 Å². The number of rotatable bonds is 6. The molecule has 2 aromatic rings. The van der Waals surface area contributed by atoms with Crippen LogP contribution in [0.5, 0.6) is 11.5 Å². The molecule has 1 amide bonds. The van der Waals surface area contributed by atoms with Gasteiger partial charge in [0.1, 0.15) is 11.5 Å². The van der Waals surface area contributed by atoms with E-state index in [2.05, 4.69) is 0 Å². The fraction of sp³-hybridized carbons (Fsp3) is 0.304. The third kappa shape index (κ3) is 5.05. The van der Waals surface area contributed by atoms with Crippen LogP contribution in [0.3, 0.4) is 0 Å². The second-order valence-corrected chi connectivity index (χ2v) is 7.75. The number of benzene rings is 2. The van der Waals surface area contributed by atoms with Crippen molar-refractivity contribution in [1.29, 1.82) is 0 Å². The molecular formula is C23H24N2O8. The quantitative estimate of drug-likeness (QED) is 0.288. The van der Waals surface area contributed by atoms with Gasteiger partial charge < -0.3 is 31.2 Å². The third-order valence-electron chi connectivity index (χ3n) is 5.54. The van der Waals surface area contributed by atoms with Crippen LogP contribution < -0.4 is 20.9 Å². The predicted octanol–water partition coefficient (Wildman–Crippen LogP) is 2.12. The minimum absolute atomic E-state index is 0.0370. The van der Waals surface area contributed by atoms with Crippen molar-refractivity contribution >= 4 is 29.5 Å². The Morgan fingerprint density at radius 3 is 2.42 bits per heavy atom. The summed E-state index contributed by atoms with van der Waals surface area (Å²) >= 11 is 0. The number of carboxylic acids is 2. The van der Waals surface area contributed by atoms with Crippen molar-refractivity contribution in [3.05, 3.63) is 52.1 Å². The van der Waals surface area contributed by atoms with Crippen LogP contribution in [0.2, 0.25) is 0 Å². The zero-order valence-corrected chi connectivity index (χ0v) is 17.9. The van der Waals surface area contributed by atoms with Gasteiger partial charge in [-0.25, -0.2) is 4.79 Å². The van der Waals surface area contributed by atoms with Gasteiger partial charge in [-0.2, -0.15) is 0 Å². The number of esters is 1. The monoisotopic (exact) mass is 456 g/mol. The van der Waals surface area contributed by atoms with Gasteiger partial charge in [-0.3, -0.25) is 14.4 Å². The number of fused-ring (bicyclic) bond motifs is 2. The average Bonchev–Trinajstić information content (AvgIpc) is 2.74. The van der Waals surface area contributed by atoms with E-state index in [0.717, 1.165) is 0 Å². The number of ether oxygens (including phenoxy) is 2. The number of anilines is 1. The van der Waals surface area contributed by atoms with Gasteiger partial charge in [0.2, 0.25) is 5.91 Å². The molecule has 0 saturated carbocycles. The summed E-state index contributed by atoms with van der Waals surface area (Å²) in [5, 5.41) is 18.9. The van der Waals surface area contributed by atoms with E-state index in [-0.39, 0.29) is 33.9 Å². The number of hydrogen-bond donors (Lipinski definition) is 4. The molecule has 0 aliphatic carbocycles. The summed E-state index contributed by atoms with van der Waals surface area (Å²) in [5.41, 5.74) is 12.7. The molecule has 0 fully saturated rings. The molecule has 10 nitrogen and oxygen atoms in total. The lowest BCUT2D eigenvalue weighted by molar-refractivity contribution is -0.145. The fourth-order valence-electron chi connectivity index (χ4n) is 4.05. The lowest BCUT2D eigenvalue weighted by Crippen LogP contribution is -2.24. The van der Waals surface area contributed by atoms with Crippen LogP contribution in [0.1, 0.15) is 62.6 Å². The van der Waals surface area contributed by atoms with Crippen molar-refractivity contribution < 1.29 is 38.9 Å². The Kier molecular flexibility index (Phi) is 6.86. The zero-order chi connectivity index (χ0) is 24.3. The van der Waals surface area contributed by atoms with E-state index in [9.17, 15) is 29.4 Å². The van der Waals surface area contributed by atoms with E-state index in [4.69, 9.17) is 20.9 Å². The molecule has 174 valence electrons. The standard InChI is InChI=1S/C23H24N2O8/c1-32-13-8-16(21(25)28)14-5-3-2-4-11-6-12(24)7-15(17(22(29)30)10-19(26)27)20(11)23(31)33-18(14)9-13/h6-9,17H,2-5,10,24H2,1H3,(H2,25,28)(H,26,27)(H,29,30)/t17-/m0/s1. The summed E-state index contributed by atoms with van der Waals surface area (Å²) in [5.74, 6) is -5.54. The van der Waals surface area contributed by atoms with Crippen LogP contribution >= 0.6 is 0 Å². The number of methoxy groups -OCH3 is 1. The van der Waals surface area contributed by atoms with Crippen molar-refractivity contribution in [2.75, 3.05) is 12.8 Å². The van der Waals surface area contributed by atoms with Crippen molar-refractivity contribution in [1.82, 2.24) is 0 Å². The lowest BCUT2D eigenvalue weighted by Gasteiger charge is -2.22. The topological polar surface area (TPSA) is 179 Å². The highest BCUT2D eigenvalue weighted by Gasteiger charge is 2.32. The van der Waals surface area contributed by atoms with Gasteiger partial charge >= 0.3 is 17.9 Å². The van der Waals surface area contributed by atoms with Gasteiger partial charge in [0.05, 0.1) is 25.0 Å². The van der Waals surface area contributed by atoms with Gasteiger partial charge in [-0.05, 0) is 55.0 Å². The summed E-state index contributed by atoms with van der Waals surface area (Å²) in [4.78, 5) is 48.6. The molecule has 10 heteroatoms. The highest BCUT2D eigenvalue weighted by Crippen LogP contribution is 2.35. The minimum Gasteiger partial charge on any atom is -0.497 e. The van der Waals surface area contributed by atoms with E-state index >= 15 is 0 Å². The molecule has 0 aromatic heterocycles. The molecule has 1 aliphatic rings. The number of nitrogen functional groups attached to an aromatic ring is 1. The molecule has 1 aliphatic heterocycles. The van der Waals surface area contributed by atoms with Gasteiger partial charge in [-0.1, -0.05) is 0 Å². The molecule has 2 aromatic carbocycles. The Labute approximate surface area is 189 Å². The zero-order valence-electron chi connectivity index (χ0n) is 17.9. The number of hydrogen-bond acceptors (Lipinski definition) is 7. The Bertz CT molecular complexity index is 1140. The molecular weight excluding hydrogens is 432 g/mol. The molecule has 0 bridgehead atoms. The smallest absolute Gasteiger partial charge is 0.344 e. The van der Waals surface area contributed by atoms with Crippen LogP contribution in [0.4, 0.5) is 5.69 Å². The van der Waals surface area contributed by atoms with Crippen LogP contribution in [0, 0.1) is 0 Å². The van der Waals surface area contributed by atoms with Crippen molar-refractivity contribution in [3.63, 3.8) is 0 Å². The van der Waals surface area contributed by atoms with Gasteiger partial charge in [0.25, 0.3) is 0 Å². The van der Waals surface area contributed by atoms with Crippen molar-refractivity contribution in [3.8, 4) is 11.5 Å². The Balaban J connectivity index is 2.21. The number of primary amides is 1. The second-order valence-electron chi connectivity index (χ2n) is 7.75. The van der Waals surface area contributed by atoms with Crippen LogP contribution in [0.15, 0.2) is 24.3 Å². The number of amides is 1. The Morgan fingerprint density at radius 2 is 1.82 bits per heavy atom. The SMILES string of the molecule is COc1cc2c(c(C(N)=O)c1)CCCCc1cc(N)cc([C@H](CC(=O)O)C(=O)O)c1C(=O)O2. The Hall–Kier alpha value is -4.08. The van der Waals surface area contributed by atoms with Gasteiger partial charge in [0, 0.05) is 22.9 Å². The van der Waals surface area contributed by atoms with Crippen LogP contribution in [0.25, 0.3) is 0 Å². The maximum Gasteiger partial charge on any atom is 0.344 e. The summed E-state index contributed by atoms with van der Waals surface area (Å²) in [6, 6.07) is 5.76. The van der Waals surface area contributed by atoms with Gasteiger partial charge in [0.15, 0.2) is 0 Å². The molecule has 1 atom stereocenters. The van der Waals surface area contributed by atoms with E-state index in [1.165, 1.54) is 25.3 Å². The maximum atomic E-state index is 13.4. The van der Waals surface area contributed by atoms with E-state index in [1.807, 2.05) is 0 Å². The number of carboxylic acid groups (broad SMARTS) is 2. The molecule has 3 rings (SSSR count). The van der Waals surface area contributed by atoms with Crippen LogP contribution in [-0.2, 0) is 22.4 Å². The number of carbonyl (C=O) groups is 4. The minimum atomic E-state index is -1.51. The number of aliphatic carboxylic acids is 2. The molecule has 0 radical (unpaired) electrons. The first-order chi connectivity index (χ1) is 15.6. The number of aryl methyl sites for hydroxylation is 1. The summed E-state index contributed by atoms with van der Waals surface area (Å²) in [6.45, 7) is 0. The number of nitrogens with two attached hydrogens (primary N) is 2. The largest absolute Gasteiger partial charge is 0.497 e. The highest BCUT2D eigenvalue weighted by molar-refractivity contribution is 5.99. The summed E-state index contributed by atoms with van der Waals surface area (Å²) < 4.78 is 10.8. The Morgan fingerprint density at radius 1 is 1.12 bits per heavy atom. The maximum absolute atomic E-state index is 13.4. The highest BCUT2D eigenvalue weighted by atomic mass is 16.5. The van der Waals surface area contributed by atoms with E-state index in [0.29, 0.717) is 36.8 Å². The first kappa shape index (κ1) is 23.6. The molecule has 1 heterocycles. The average molecular weight is 456 g/mol. The molecule has 0 saturated heterocycles.